The van der Waals surface area contributed by atoms with Crippen molar-refractivity contribution in [3.05, 3.63) is 48.6 Å². The molecule has 0 saturated heterocycles. The number of nitrogens with two attached hydrogens (primary N) is 1. The summed E-state index contributed by atoms with van der Waals surface area (Å²) in [5.41, 5.74) is -0.932. The van der Waals surface area contributed by atoms with Crippen LogP contribution in [0.25, 0.3) is 0 Å². The Morgan fingerprint density at radius 3 is 2.36 bits per heavy atom. The largest absolute Gasteiger partial charge is 0.426 e. The Morgan fingerprint density at radius 2 is 1.91 bits per heavy atom. The molecule has 1 amide bonds. The summed E-state index contributed by atoms with van der Waals surface area (Å²) < 4.78 is 45.1. The van der Waals surface area contributed by atoms with E-state index in [-0.39, 0.29) is 25.4 Å². The minimum Gasteiger partial charge on any atom is -0.352 e. The molecule has 0 aliphatic heterocycles. The third-order valence-corrected chi connectivity index (χ3v) is 2.98. The molecule has 0 aliphatic rings. The van der Waals surface area contributed by atoms with Gasteiger partial charge in [-0.25, -0.2) is 5.84 Å². The maximum absolute atomic E-state index is 13.4. The number of hydrogen-bond acceptors (Lipinski definition) is 3. The van der Waals surface area contributed by atoms with Gasteiger partial charge in [0.2, 0.25) is 5.60 Å². The zero-order valence-corrected chi connectivity index (χ0v) is 12.5. The van der Waals surface area contributed by atoms with Crippen molar-refractivity contribution >= 4 is 18.3 Å². The highest BCUT2D eigenvalue weighted by atomic mass is 35.5. The predicted molar refractivity (Wildman–Crippen MR) is 79.0 cm³/mol. The van der Waals surface area contributed by atoms with Crippen molar-refractivity contribution in [2.45, 2.75) is 31.2 Å². The lowest BCUT2D eigenvalue weighted by Gasteiger charge is -2.33. The van der Waals surface area contributed by atoms with Gasteiger partial charge in [-0.15, -0.1) is 19.0 Å². The summed E-state index contributed by atoms with van der Waals surface area (Å²) in [5.74, 6) is 3.47. The van der Waals surface area contributed by atoms with Crippen molar-refractivity contribution in [2.24, 2.45) is 5.84 Å². The van der Waals surface area contributed by atoms with Gasteiger partial charge in [-0.05, 0) is 18.4 Å². The van der Waals surface area contributed by atoms with Gasteiger partial charge in [-0.2, -0.15) is 13.2 Å². The van der Waals surface area contributed by atoms with Gasteiger partial charge in [0.05, 0.1) is 6.61 Å². The SMILES string of the molecule is C=CCCC(OCc1ccccc1)(C(=O)NN)C(F)(F)F.Cl. The van der Waals surface area contributed by atoms with E-state index in [0.717, 1.165) is 0 Å². The highest BCUT2D eigenvalue weighted by Gasteiger charge is 2.61. The molecule has 1 rings (SSSR count). The second-order valence-electron chi connectivity index (χ2n) is 4.40. The fourth-order valence-corrected chi connectivity index (χ4v) is 1.81. The van der Waals surface area contributed by atoms with Crippen LogP contribution in [0.15, 0.2) is 43.0 Å². The van der Waals surface area contributed by atoms with E-state index in [1.165, 1.54) is 11.5 Å². The molecule has 0 saturated carbocycles. The Balaban J connectivity index is 0.00000441. The number of alkyl halides is 3. The Labute approximate surface area is 132 Å². The number of ether oxygens (including phenoxy) is 1. The lowest BCUT2D eigenvalue weighted by Crippen LogP contribution is -2.60. The molecule has 0 fully saturated rings. The van der Waals surface area contributed by atoms with E-state index in [1.54, 1.807) is 30.3 Å². The zero-order chi connectivity index (χ0) is 15.9. The Bertz CT molecular complexity index is 483. The van der Waals surface area contributed by atoms with Crippen molar-refractivity contribution in [1.82, 2.24) is 5.43 Å². The average Bonchev–Trinajstić information content (AvgIpc) is 2.46. The molecule has 4 nitrogen and oxygen atoms in total. The molecule has 0 spiro atoms. The summed E-state index contributed by atoms with van der Waals surface area (Å²) in [6.45, 7) is 3.01. The van der Waals surface area contributed by atoms with Crippen molar-refractivity contribution in [1.29, 1.82) is 0 Å². The normalized spacial score (nSPS) is 13.6. The van der Waals surface area contributed by atoms with Crippen LogP contribution in [0, 0.1) is 0 Å². The molecule has 0 aromatic heterocycles. The standard InChI is InChI=1S/C14H17F3N2O2.ClH/c1-2-3-9-13(12(20)19-18,14(15,16)17)21-10-11-7-5-4-6-8-11;/h2,4-8H,1,3,9-10,18H2,(H,19,20);1H. The first-order valence-corrected chi connectivity index (χ1v) is 6.24. The Kier molecular flexibility index (Phi) is 8.15. The van der Waals surface area contributed by atoms with Gasteiger partial charge in [0.15, 0.2) is 0 Å². The van der Waals surface area contributed by atoms with Crippen LogP contribution in [0.1, 0.15) is 18.4 Å². The summed E-state index contributed by atoms with van der Waals surface area (Å²) in [7, 11) is 0. The second kappa shape index (κ2) is 8.77. The van der Waals surface area contributed by atoms with E-state index in [0.29, 0.717) is 5.56 Å². The van der Waals surface area contributed by atoms with E-state index in [9.17, 15) is 18.0 Å². The molecular formula is C14H18ClF3N2O2. The number of halogens is 4. The van der Waals surface area contributed by atoms with Gasteiger partial charge in [0, 0.05) is 0 Å². The van der Waals surface area contributed by atoms with Crippen molar-refractivity contribution in [3.63, 3.8) is 0 Å². The number of amides is 1. The number of hydrazine groups is 1. The first-order chi connectivity index (χ1) is 9.87. The number of nitrogens with one attached hydrogen (secondary N) is 1. The van der Waals surface area contributed by atoms with Crippen LogP contribution in [0.5, 0.6) is 0 Å². The Morgan fingerprint density at radius 1 is 1.32 bits per heavy atom. The van der Waals surface area contributed by atoms with Gasteiger partial charge in [-0.1, -0.05) is 36.4 Å². The van der Waals surface area contributed by atoms with E-state index >= 15 is 0 Å². The number of carbonyl (C=O) groups excluding carboxylic acids is 1. The van der Waals surface area contributed by atoms with Gasteiger partial charge in [-0.3, -0.25) is 10.2 Å². The minimum atomic E-state index is -4.89. The average molecular weight is 339 g/mol. The molecular weight excluding hydrogens is 321 g/mol. The molecule has 0 heterocycles. The second-order valence-corrected chi connectivity index (χ2v) is 4.40. The molecule has 0 aliphatic carbocycles. The van der Waals surface area contributed by atoms with Crippen LogP contribution in [-0.2, 0) is 16.1 Å². The van der Waals surface area contributed by atoms with Crippen LogP contribution in [-0.4, -0.2) is 17.7 Å². The lowest BCUT2D eigenvalue weighted by molar-refractivity contribution is -0.272. The molecule has 1 atom stereocenters. The van der Waals surface area contributed by atoms with E-state index in [1.807, 2.05) is 0 Å². The summed E-state index contributed by atoms with van der Waals surface area (Å²) >= 11 is 0. The maximum atomic E-state index is 13.4. The zero-order valence-electron chi connectivity index (χ0n) is 11.7. The number of hydrogen-bond donors (Lipinski definition) is 2. The molecule has 0 radical (unpaired) electrons. The first-order valence-electron chi connectivity index (χ1n) is 6.24. The molecule has 8 heteroatoms. The minimum absolute atomic E-state index is 0. The van der Waals surface area contributed by atoms with E-state index in [2.05, 4.69) is 6.58 Å². The smallest absolute Gasteiger partial charge is 0.352 e. The monoisotopic (exact) mass is 338 g/mol. The molecule has 3 N–H and O–H groups in total. The molecule has 124 valence electrons. The quantitative estimate of drug-likeness (QED) is 0.348. The topological polar surface area (TPSA) is 64.3 Å². The predicted octanol–water partition coefficient (Wildman–Crippen LogP) is 2.88. The summed E-state index contributed by atoms with van der Waals surface area (Å²) in [6, 6.07) is 8.27. The van der Waals surface area contributed by atoms with Crippen LogP contribution < -0.4 is 11.3 Å². The molecule has 0 bridgehead atoms. The number of carbonyl (C=O) groups is 1. The van der Waals surface area contributed by atoms with Gasteiger partial charge in [0.25, 0.3) is 5.91 Å². The van der Waals surface area contributed by atoms with Gasteiger partial charge >= 0.3 is 6.18 Å². The molecule has 1 unspecified atom stereocenters. The number of rotatable bonds is 7. The van der Waals surface area contributed by atoms with Crippen LogP contribution in [0.3, 0.4) is 0 Å². The van der Waals surface area contributed by atoms with Crippen LogP contribution in [0.2, 0.25) is 0 Å². The highest BCUT2D eigenvalue weighted by molar-refractivity contribution is 5.86. The van der Waals surface area contributed by atoms with Gasteiger partial charge in [0.1, 0.15) is 0 Å². The van der Waals surface area contributed by atoms with Crippen LogP contribution in [0.4, 0.5) is 13.2 Å². The van der Waals surface area contributed by atoms with Crippen LogP contribution >= 0.6 is 12.4 Å². The molecule has 1 aromatic carbocycles. The molecule has 1 aromatic rings. The third kappa shape index (κ3) is 4.72. The highest BCUT2D eigenvalue weighted by Crippen LogP contribution is 2.38. The third-order valence-electron chi connectivity index (χ3n) is 2.98. The number of benzene rings is 1. The molecule has 22 heavy (non-hydrogen) atoms. The van der Waals surface area contributed by atoms with Crippen molar-refractivity contribution < 1.29 is 22.7 Å². The fourth-order valence-electron chi connectivity index (χ4n) is 1.81. The lowest BCUT2D eigenvalue weighted by atomic mass is 9.95. The van der Waals surface area contributed by atoms with E-state index in [4.69, 9.17) is 10.6 Å². The maximum Gasteiger partial charge on any atom is 0.426 e. The van der Waals surface area contributed by atoms with Crippen molar-refractivity contribution in [3.8, 4) is 0 Å². The first kappa shape index (κ1) is 20.4. The summed E-state index contributed by atoms with van der Waals surface area (Å²) in [6.07, 6.45) is -4.23. The van der Waals surface area contributed by atoms with Crippen molar-refractivity contribution in [2.75, 3.05) is 0 Å². The summed E-state index contributed by atoms with van der Waals surface area (Å²) in [5, 5.41) is 0. The van der Waals surface area contributed by atoms with E-state index < -0.39 is 24.1 Å². The summed E-state index contributed by atoms with van der Waals surface area (Å²) in [4.78, 5) is 11.7. The number of allylic oxidation sites excluding steroid dienone is 1. The van der Waals surface area contributed by atoms with Gasteiger partial charge < -0.3 is 4.74 Å². The fraction of sp³-hybridized carbons (Fsp3) is 0.357. The Hall–Kier alpha value is -1.57.